The van der Waals surface area contributed by atoms with E-state index < -0.39 is 0 Å². The number of H-pyrrole nitrogens is 1. The molecule has 202 valence electrons. The summed E-state index contributed by atoms with van der Waals surface area (Å²) < 4.78 is 0. The third kappa shape index (κ3) is 5.94. The fraction of sp³-hybridized carbons (Fsp3) is 0.519. The molecule has 0 bridgehead atoms. The van der Waals surface area contributed by atoms with E-state index in [1.54, 1.807) is 30.6 Å². The smallest absolute Gasteiger partial charge is 0.268 e. The van der Waals surface area contributed by atoms with Gasteiger partial charge in [0.05, 0.1) is 12.2 Å². The SMILES string of the molecule is CCN(CC)C1CCN(C(=O)c2ccc(Nc3ncc4cc(C(=O)NCN5CCCCC5)[nH]c4n3)nc2)C1. The molecule has 3 aromatic rings. The van der Waals surface area contributed by atoms with Crippen LogP contribution < -0.4 is 10.6 Å². The van der Waals surface area contributed by atoms with Crippen LogP contribution >= 0.6 is 0 Å². The highest BCUT2D eigenvalue weighted by molar-refractivity contribution is 5.97. The van der Waals surface area contributed by atoms with Gasteiger partial charge in [-0.1, -0.05) is 20.3 Å². The van der Waals surface area contributed by atoms with Gasteiger partial charge in [-0.25, -0.2) is 9.97 Å². The lowest BCUT2D eigenvalue weighted by Gasteiger charge is -2.26. The number of nitrogens with zero attached hydrogens (tertiary/aromatic N) is 6. The first-order valence-electron chi connectivity index (χ1n) is 13.7. The lowest BCUT2D eigenvalue weighted by atomic mass is 10.1. The Bertz CT molecular complexity index is 1250. The van der Waals surface area contributed by atoms with Gasteiger partial charge >= 0.3 is 0 Å². The number of carbonyl (C=O) groups excluding carboxylic acids is 2. The van der Waals surface area contributed by atoms with Crippen LogP contribution in [0.2, 0.25) is 0 Å². The van der Waals surface area contributed by atoms with E-state index >= 15 is 0 Å². The van der Waals surface area contributed by atoms with E-state index in [0.29, 0.717) is 41.4 Å². The molecule has 38 heavy (non-hydrogen) atoms. The zero-order chi connectivity index (χ0) is 26.5. The Kier molecular flexibility index (Phi) is 8.14. The van der Waals surface area contributed by atoms with E-state index in [1.165, 1.54) is 19.3 Å². The van der Waals surface area contributed by atoms with Gasteiger partial charge in [0, 0.05) is 36.9 Å². The van der Waals surface area contributed by atoms with Crippen molar-refractivity contribution in [3.8, 4) is 0 Å². The summed E-state index contributed by atoms with van der Waals surface area (Å²) in [6.45, 7) is 10.4. The third-order valence-corrected chi connectivity index (χ3v) is 7.56. The summed E-state index contributed by atoms with van der Waals surface area (Å²) in [4.78, 5) is 48.5. The number of anilines is 2. The van der Waals surface area contributed by atoms with Crippen molar-refractivity contribution in [3.63, 3.8) is 0 Å². The van der Waals surface area contributed by atoms with E-state index in [9.17, 15) is 9.59 Å². The van der Waals surface area contributed by atoms with Crippen molar-refractivity contribution in [1.82, 2.24) is 40.0 Å². The highest BCUT2D eigenvalue weighted by atomic mass is 16.2. The summed E-state index contributed by atoms with van der Waals surface area (Å²) >= 11 is 0. The second kappa shape index (κ2) is 11.9. The number of carbonyl (C=O) groups is 2. The molecule has 5 rings (SSSR count). The fourth-order valence-corrected chi connectivity index (χ4v) is 5.35. The highest BCUT2D eigenvalue weighted by Crippen LogP contribution is 2.20. The molecule has 3 N–H and O–H groups in total. The Labute approximate surface area is 223 Å². The Morgan fingerprint density at radius 2 is 1.89 bits per heavy atom. The number of pyridine rings is 1. The van der Waals surface area contributed by atoms with Crippen molar-refractivity contribution < 1.29 is 9.59 Å². The van der Waals surface area contributed by atoms with Gasteiger partial charge in [0.2, 0.25) is 5.95 Å². The van der Waals surface area contributed by atoms with Gasteiger partial charge < -0.3 is 20.5 Å². The second-order valence-corrected chi connectivity index (χ2v) is 10.00. The maximum absolute atomic E-state index is 13.0. The number of likely N-dealkylation sites (N-methyl/N-ethyl adjacent to an activating group) is 1. The molecule has 0 saturated carbocycles. The summed E-state index contributed by atoms with van der Waals surface area (Å²) in [7, 11) is 0. The molecule has 2 amide bonds. The van der Waals surface area contributed by atoms with Crippen molar-refractivity contribution in [3.05, 3.63) is 41.9 Å². The van der Waals surface area contributed by atoms with Crippen LogP contribution in [0, 0.1) is 0 Å². The lowest BCUT2D eigenvalue weighted by Crippen LogP contribution is -2.40. The van der Waals surface area contributed by atoms with Crippen LogP contribution in [0.1, 0.15) is 60.4 Å². The average molecular weight is 520 g/mol. The molecule has 2 aliphatic rings. The zero-order valence-corrected chi connectivity index (χ0v) is 22.2. The molecular weight excluding hydrogens is 482 g/mol. The van der Waals surface area contributed by atoms with E-state index in [-0.39, 0.29) is 11.8 Å². The van der Waals surface area contributed by atoms with Gasteiger partial charge in [-0.2, -0.15) is 4.98 Å². The normalized spacial score (nSPS) is 18.3. The van der Waals surface area contributed by atoms with E-state index in [0.717, 1.165) is 51.1 Å². The predicted molar refractivity (Wildman–Crippen MR) is 146 cm³/mol. The number of rotatable bonds is 9. The molecule has 11 heteroatoms. The van der Waals surface area contributed by atoms with Gasteiger partial charge in [0.15, 0.2) is 0 Å². The molecule has 11 nitrogen and oxygen atoms in total. The highest BCUT2D eigenvalue weighted by Gasteiger charge is 2.29. The molecule has 2 saturated heterocycles. The van der Waals surface area contributed by atoms with Crippen LogP contribution in [0.3, 0.4) is 0 Å². The Morgan fingerprint density at radius 1 is 1.08 bits per heavy atom. The summed E-state index contributed by atoms with van der Waals surface area (Å²) in [5.41, 5.74) is 1.58. The molecule has 1 unspecified atom stereocenters. The Morgan fingerprint density at radius 3 is 2.63 bits per heavy atom. The van der Waals surface area contributed by atoms with Crippen LogP contribution in [0.25, 0.3) is 11.0 Å². The molecule has 5 heterocycles. The van der Waals surface area contributed by atoms with Crippen LogP contribution in [0.15, 0.2) is 30.6 Å². The van der Waals surface area contributed by atoms with Crippen LogP contribution in [0.5, 0.6) is 0 Å². The minimum atomic E-state index is -0.161. The van der Waals surface area contributed by atoms with E-state index in [1.807, 2.05) is 4.90 Å². The second-order valence-electron chi connectivity index (χ2n) is 10.00. The average Bonchev–Trinajstić information content (AvgIpc) is 3.61. The van der Waals surface area contributed by atoms with Gasteiger partial charge in [-0.3, -0.25) is 19.4 Å². The number of amides is 2. The first kappa shape index (κ1) is 26.1. The summed E-state index contributed by atoms with van der Waals surface area (Å²) in [5.74, 6) is 0.738. The van der Waals surface area contributed by atoms with Crippen molar-refractivity contribution in [1.29, 1.82) is 0 Å². The van der Waals surface area contributed by atoms with Gasteiger partial charge in [0.1, 0.15) is 17.2 Å². The topological polar surface area (TPSA) is 122 Å². The molecule has 0 spiro atoms. The summed E-state index contributed by atoms with van der Waals surface area (Å²) in [6.07, 6.45) is 7.87. The monoisotopic (exact) mass is 519 g/mol. The molecule has 1 atom stereocenters. The molecule has 3 aromatic heterocycles. The number of hydrogen-bond acceptors (Lipinski definition) is 8. The van der Waals surface area contributed by atoms with Gasteiger partial charge in [0.25, 0.3) is 11.8 Å². The van der Waals surface area contributed by atoms with Crippen LogP contribution in [0.4, 0.5) is 11.8 Å². The number of aromatic amines is 1. The fourth-order valence-electron chi connectivity index (χ4n) is 5.35. The van der Waals surface area contributed by atoms with Gasteiger partial charge in [-0.15, -0.1) is 0 Å². The minimum absolute atomic E-state index is 0.00820. The zero-order valence-electron chi connectivity index (χ0n) is 22.2. The number of piperidine rings is 1. The Hall–Kier alpha value is -3.57. The minimum Gasteiger partial charge on any atom is -0.338 e. The van der Waals surface area contributed by atoms with Gasteiger partial charge in [-0.05, 0) is 63.6 Å². The standard InChI is InChI=1S/C27H37N9O2/c1-3-35(4-2)21-10-13-36(17-21)26(38)19-8-9-23(28-15-19)32-27-29-16-20-14-22(31-24(20)33-27)25(37)30-18-34-11-6-5-7-12-34/h8-9,14-16,21H,3-7,10-13,17-18H2,1-2H3,(H,30,37)(H2,28,29,31,32,33). The molecule has 0 aliphatic carbocycles. The number of fused-ring (bicyclic) bond motifs is 1. The Balaban J connectivity index is 1.18. The summed E-state index contributed by atoms with van der Waals surface area (Å²) in [6, 6.07) is 5.71. The molecular formula is C27H37N9O2. The number of nitrogens with one attached hydrogen (secondary N) is 3. The van der Waals surface area contributed by atoms with E-state index in [2.05, 4.69) is 54.2 Å². The van der Waals surface area contributed by atoms with Crippen molar-refractivity contribution in [2.75, 3.05) is 51.3 Å². The quantitative estimate of drug-likeness (QED) is 0.395. The number of aromatic nitrogens is 4. The number of likely N-dealkylation sites (tertiary alicyclic amines) is 2. The van der Waals surface area contributed by atoms with Crippen molar-refractivity contribution >= 4 is 34.6 Å². The number of hydrogen-bond donors (Lipinski definition) is 3. The van der Waals surface area contributed by atoms with Crippen LogP contribution in [-0.2, 0) is 0 Å². The predicted octanol–water partition coefficient (Wildman–Crippen LogP) is 2.83. The van der Waals surface area contributed by atoms with Crippen molar-refractivity contribution in [2.24, 2.45) is 0 Å². The maximum atomic E-state index is 13.0. The summed E-state index contributed by atoms with van der Waals surface area (Å²) in [5, 5.41) is 6.82. The lowest BCUT2D eigenvalue weighted by molar-refractivity contribution is 0.0777. The maximum Gasteiger partial charge on any atom is 0.268 e. The third-order valence-electron chi connectivity index (χ3n) is 7.56. The molecule has 0 aromatic carbocycles. The molecule has 2 fully saturated rings. The van der Waals surface area contributed by atoms with Crippen LogP contribution in [-0.4, -0.2) is 98.4 Å². The van der Waals surface area contributed by atoms with Crippen molar-refractivity contribution in [2.45, 2.75) is 45.6 Å². The first-order chi connectivity index (χ1) is 18.5. The largest absolute Gasteiger partial charge is 0.338 e. The first-order valence-corrected chi connectivity index (χ1v) is 13.7. The molecule has 2 aliphatic heterocycles. The molecule has 0 radical (unpaired) electrons. The van der Waals surface area contributed by atoms with E-state index in [4.69, 9.17) is 0 Å².